The summed E-state index contributed by atoms with van der Waals surface area (Å²) in [5, 5.41) is 16.7. The second-order valence-electron chi connectivity index (χ2n) is 4.79. The zero-order valence-corrected chi connectivity index (χ0v) is 16.6. The Morgan fingerprint density at radius 1 is 1.26 bits per heavy atom. The number of anilines is 1. The maximum Gasteiger partial charge on any atom is 0.259 e. The number of hydrogen-bond acceptors (Lipinski definition) is 4. The Morgan fingerprint density at radius 2 is 1.91 bits per heavy atom. The Balaban J connectivity index is 1.88. The van der Waals surface area contributed by atoms with Crippen LogP contribution in [0.4, 0.5) is 5.69 Å². The molecule has 23 heavy (non-hydrogen) atoms. The van der Waals surface area contributed by atoms with E-state index in [1.165, 1.54) is 0 Å². The van der Waals surface area contributed by atoms with E-state index in [1.54, 1.807) is 18.3 Å². The van der Waals surface area contributed by atoms with E-state index in [1.807, 2.05) is 76.4 Å². The first kappa shape index (κ1) is 18.0. The number of nitrogens with one attached hydrogen (secondary N) is 2. The van der Waals surface area contributed by atoms with Crippen molar-refractivity contribution in [2.45, 2.75) is 6.92 Å². The van der Waals surface area contributed by atoms with Crippen LogP contribution in [0.2, 0.25) is 0 Å². The number of benzene rings is 2. The quantitative estimate of drug-likeness (QED) is 0.312. The number of rotatable bonds is 5. The molecule has 0 saturated heterocycles. The first-order chi connectivity index (χ1) is 11.0. The number of para-hydroxylation sites is 1. The van der Waals surface area contributed by atoms with Crippen LogP contribution in [0.1, 0.15) is 11.1 Å². The molecule has 2 aromatic rings. The lowest BCUT2D eigenvalue weighted by Crippen LogP contribution is -2.26. The molecule has 0 atom stereocenters. The van der Waals surface area contributed by atoms with E-state index < -0.39 is 0 Å². The zero-order chi connectivity index (χ0) is 16.8. The van der Waals surface area contributed by atoms with Crippen molar-refractivity contribution in [1.82, 2.24) is 5.43 Å². The fourth-order valence-corrected chi connectivity index (χ4v) is 3.64. The van der Waals surface area contributed by atoms with Crippen LogP contribution in [0.25, 0.3) is 0 Å². The molecular formula is C16H15I2N3O2. The van der Waals surface area contributed by atoms with Gasteiger partial charge in [-0.15, -0.1) is 0 Å². The molecule has 7 heteroatoms. The molecule has 120 valence electrons. The van der Waals surface area contributed by atoms with Gasteiger partial charge < -0.3 is 10.4 Å². The van der Waals surface area contributed by atoms with Gasteiger partial charge in [-0.2, -0.15) is 5.10 Å². The number of nitrogens with zero attached hydrogens (tertiary/aromatic N) is 1. The predicted octanol–water partition coefficient (Wildman–Crippen LogP) is 3.47. The smallest absolute Gasteiger partial charge is 0.259 e. The van der Waals surface area contributed by atoms with Gasteiger partial charge in [0.05, 0.1) is 19.9 Å². The fourth-order valence-electron chi connectivity index (χ4n) is 1.82. The van der Waals surface area contributed by atoms with E-state index in [0.29, 0.717) is 0 Å². The van der Waals surface area contributed by atoms with Gasteiger partial charge in [0.15, 0.2) is 0 Å². The van der Waals surface area contributed by atoms with Crippen molar-refractivity contribution in [1.29, 1.82) is 0 Å². The van der Waals surface area contributed by atoms with Crippen molar-refractivity contribution in [2.24, 2.45) is 5.10 Å². The van der Waals surface area contributed by atoms with Gasteiger partial charge >= 0.3 is 0 Å². The van der Waals surface area contributed by atoms with Crippen molar-refractivity contribution >= 4 is 63.0 Å². The van der Waals surface area contributed by atoms with Gasteiger partial charge in [0.25, 0.3) is 5.91 Å². The van der Waals surface area contributed by atoms with E-state index in [2.05, 4.69) is 15.8 Å². The lowest BCUT2D eigenvalue weighted by molar-refractivity contribution is -0.119. The molecule has 2 rings (SSSR count). The summed E-state index contributed by atoms with van der Waals surface area (Å²) >= 11 is 4.10. The largest absolute Gasteiger partial charge is 0.506 e. The molecule has 0 spiro atoms. The highest BCUT2D eigenvalue weighted by Crippen LogP contribution is 2.26. The van der Waals surface area contributed by atoms with Crippen molar-refractivity contribution in [3.05, 3.63) is 54.7 Å². The topological polar surface area (TPSA) is 73.7 Å². The summed E-state index contributed by atoms with van der Waals surface area (Å²) in [5.74, 6) is 0.0301. The molecule has 2 aromatic carbocycles. The van der Waals surface area contributed by atoms with Crippen LogP contribution in [0, 0.1) is 14.1 Å². The molecule has 0 aliphatic heterocycles. The molecule has 1 amide bonds. The standard InChI is InChI=1S/C16H15I2N3O2/c1-10-4-2-3-5-14(10)19-9-15(22)21-20-8-11-6-12(17)16(23)13(18)7-11/h2-8,19,23H,9H2,1H3,(H,21,22)/b20-8+. The van der Waals surface area contributed by atoms with Crippen LogP contribution in [-0.2, 0) is 4.79 Å². The highest BCUT2D eigenvalue weighted by molar-refractivity contribution is 14.1. The first-order valence-electron chi connectivity index (χ1n) is 6.77. The average molecular weight is 535 g/mol. The van der Waals surface area contributed by atoms with Crippen LogP contribution >= 0.6 is 45.2 Å². The molecule has 0 heterocycles. The normalized spacial score (nSPS) is 10.7. The Morgan fingerprint density at radius 3 is 2.57 bits per heavy atom. The minimum atomic E-state index is -0.229. The van der Waals surface area contributed by atoms with E-state index in [0.717, 1.165) is 24.0 Å². The van der Waals surface area contributed by atoms with Crippen LogP contribution in [0.15, 0.2) is 41.5 Å². The van der Waals surface area contributed by atoms with Crippen LogP contribution < -0.4 is 10.7 Å². The minimum absolute atomic E-state index is 0.146. The van der Waals surface area contributed by atoms with E-state index in [4.69, 9.17) is 0 Å². The summed E-state index contributed by atoms with van der Waals surface area (Å²) in [4.78, 5) is 11.8. The summed E-state index contributed by atoms with van der Waals surface area (Å²) < 4.78 is 1.48. The lowest BCUT2D eigenvalue weighted by atomic mass is 10.2. The van der Waals surface area contributed by atoms with Gasteiger partial charge in [-0.05, 0) is 81.4 Å². The SMILES string of the molecule is Cc1ccccc1NCC(=O)N/N=C/c1cc(I)c(O)c(I)c1. The third-order valence-corrected chi connectivity index (χ3v) is 4.67. The third-order valence-electron chi connectivity index (χ3n) is 3.03. The summed E-state index contributed by atoms with van der Waals surface area (Å²) in [6.45, 7) is 2.12. The molecule has 0 fully saturated rings. The van der Waals surface area contributed by atoms with Crippen molar-refractivity contribution in [2.75, 3.05) is 11.9 Å². The number of aromatic hydroxyl groups is 1. The predicted molar refractivity (Wildman–Crippen MR) is 109 cm³/mol. The highest BCUT2D eigenvalue weighted by Gasteiger charge is 2.05. The fraction of sp³-hybridized carbons (Fsp3) is 0.125. The Labute approximate surface area is 161 Å². The maximum absolute atomic E-state index is 11.8. The van der Waals surface area contributed by atoms with Crippen molar-refractivity contribution in [3.8, 4) is 5.75 Å². The van der Waals surface area contributed by atoms with E-state index in [9.17, 15) is 9.90 Å². The molecule has 0 aromatic heterocycles. The number of phenols is 1. The number of amides is 1. The second kappa shape index (κ2) is 8.48. The maximum atomic E-state index is 11.8. The average Bonchev–Trinajstić information content (AvgIpc) is 2.52. The first-order valence-corrected chi connectivity index (χ1v) is 8.92. The van der Waals surface area contributed by atoms with Crippen LogP contribution in [-0.4, -0.2) is 23.8 Å². The Bertz CT molecular complexity index is 725. The molecule has 3 N–H and O–H groups in total. The number of hydrazone groups is 1. The van der Waals surface area contributed by atoms with Gasteiger partial charge in [-0.3, -0.25) is 4.79 Å². The summed E-state index contributed by atoms with van der Waals surface area (Å²) in [7, 11) is 0. The molecule has 5 nitrogen and oxygen atoms in total. The molecule has 0 bridgehead atoms. The Kier molecular flexibility index (Phi) is 6.63. The monoisotopic (exact) mass is 535 g/mol. The van der Waals surface area contributed by atoms with Gasteiger partial charge in [-0.25, -0.2) is 5.43 Å². The number of hydrogen-bond donors (Lipinski definition) is 3. The van der Waals surface area contributed by atoms with E-state index >= 15 is 0 Å². The molecule has 0 aliphatic carbocycles. The van der Waals surface area contributed by atoms with Gasteiger partial charge in [-0.1, -0.05) is 18.2 Å². The molecule has 0 unspecified atom stereocenters. The molecule has 0 radical (unpaired) electrons. The van der Waals surface area contributed by atoms with Crippen LogP contribution in [0.3, 0.4) is 0 Å². The summed E-state index contributed by atoms with van der Waals surface area (Å²) in [6, 6.07) is 11.3. The summed E-state index contributed by atoms with van der Waals surface area (Å²) in [6.07, 6.45) is 1.55. The van der Waals surface area contributed by atoms with Crippen LogP contribution in [0.5, 0.6) is 5.75 Å². The van der Waals surface area contributed by atoms with Gasteiger partial charge in [0.2, 0.25) is 0 Å². The van der Waals surface area contributed by atoms with E-state index in [-0.39, 0.29) is 18.2 Å². The lowest BCUT2D eigenvalue weighted by Gasteiger charge is -2.07. The molecule has 0 saturated carbocycles. The summed E-state index contributed by atoms with van der Waals surface area (Å²) in [5.41, 5.74) is 5.29. The molecular weight excluding hydrogens is 520 g/mol. The van der Waals surface area contributed by atoms with Gasteiger partial charge in [0, 0.05) is 5.69 Å². The number of carbonyl (C=O) groups is 1. The Hall–Kier alpha value is -1.36. The minimum Gasteiger partial charge on any atom is -0.506 e. The number of aryl methyl sites for hydroxylation is 1. The van der Waals surface area contributed by atoms with Gasteiger partial charge in [0.1, 0.15) is 5.75 Å². The third kappa shape index (κ3) is 5.34. The molecule has 0 aliphatic rings. The number of halogens is 2. The number of phenolic OH excluding ortho intramolecular Hbond substituents is 1. The second-order valence-corrected chi connectivity index (χ2v) is 7.12. The number of carbonyl (C=O) groups excluding carboxylic acids is 1. The zero-order valence-electron chi connectivity index (χ0n) is 12.3. The highest BCUT2D eigenvalue weighted by atomic mass is 127. The van der Waals surface area contributed by atoms with Crippen molar-refractivity contribution in [3.63, 3.8) is 0 Å². The van der Waals surface area contributed by atoms with Crippen molar-refractivity contribution < 1.29 is 9.90 Å².